The van der Waals surface area contributed by atoms with E-state index in [1.165, 1.54) is 19.0 Å². The standard InChI is InChI=1S/C24H29F3N4O2.CH4/c25-24(26,27)20-5-6-21(19-2-1-7-28-23(19)20)31-13-17(16-3-4-16)12-18(14-31)29-22(32)15-30-8-10-33-11-9-30;/h1-2,5-7,16-18H,3-4,8-15H2,(H,29,32);1H4. The van der Waals surface area contributed by atoms with Crippen molar-refractivity contribution in [3.63, 3.8) is 0 Å². The molecule has 1 amide bonds. The van der Waals surface area contributed by atoms with Crippen molar-refractivity contribution in [2.45, 2.75) is 38.9 Å². The number of rotatable bonds is 5. The average Bonchev–Trinajstić information content (AvgIpc) is 3.63. The molecule has 2 unspecified atom stereocenters. The second-order valence-electron chi connectivity index (χ2n) is 9.42. The maximum Gasteiger partial charge on any atom is 0.418 e. The molecule has 3 heterocycles. The zero-order chi connectivity index (χ0) is 23.0. The van der Waals surface area contributed by atoms with Crippen LogP contribution in [-0.4, -0.2) is 67.8 Å². The fraction of sp³-hybridized carbons (Fsp3) is 0.600. The van der Waals surface area contributed by atoms with Crippen LogP contribution in [0.4, 0.5) is 18.9 Å². The fourth-order valence-corrected chi connectivity index (χ4v) is 5.25. The number of hydrogen-bond acceptors (Lipinski definition) is 5. The number of nitrogens with one attached hydrogen (secondary N) is 1. The number of hydrogen-bond donors (Lipinski definition) is 1. The number of anilines is 1. The molecule has 1 saturated carbocycles. The summed E-state index contributed by atoms with van der Waals surface area (Å²) < 4.78 is 46.0. The summed E-state index contributed by atoms with van der Waals surface area (Å²) >= 11 is 0. The second kappa shape index (κ2) is 10.1. The largest absolute Gasteiger partial charge is 0.418 e. The Morgan fingerprint density at radius 1 is 1.12 bits per heavy atom. The van der Waals surface area contributed by atoms with Gasteiger partial charge in [-0.2, -0.15) is 13.2 Å². The van der Waals surface area contributed by atoms with Crippen LogP contribution >= 0.6 is 0 Å². The zero-order valence-electron chi connectivity index (χ0n) is 18.5. The number of halogens is 3. The molecule has 2 atom stereocenters. The summed E-state index contributed by atoms with van der Waals surface area (Å²) in [5.41, 5.74) is 0.0146. The number of aromatic nitrogens is 1. The summed E-state index contributed by atoms with van der Waals surface area (Å²) in [4.78, 5) is 21.0. The van der Waals surface area contributed by atoms with Crippen LogP contribution in [0.25, 0.3) is 10.9 Å². The van der Waals surface area contributed by atoms with E-state index in [9.17, 15) is 18.0 Å². The molecule has 0 spiro atoms. The number of nitrogens with zero attached hydrogens (tertiary/aromatic N) is 3. The number of morpholine rings is 1. The van der Waals surface area contributed by atoms with Gasteiger partial charge in [-0.05, 0) is 55.4 Å². The van der Waals surface area contributed by atoms with Gasteiger partial charge in [0, 0.05) is 49.5 Å². The van der Waals surface area contributed by atoms with E-state index in [1.54, 1.807) is 18.2 Å². The lowest BCUT2D eigenvalue weighted by Gasteiger charge is -2.40. The Morgan fingerprint density at radius 3 is 2.59 bits per heavy atom. The molecule has 3 aliphatic rings. The van der Waals surface area contributed by atoms with Crippen molar-refractivity contribution in [2.24, 2.45) is 11.8 Å². The third-order valence-corrected chi connectivity index (χ3v) is 7.00. The SMILES string of the molecule is C.O=C(CN1CCOCC1)NC1CC(C2CC2)CN(c2ccc(C(F)(F)F)c3ncccc23)C1. The Hall–Kier alpha value is -2.39. The van der Waals surface area contributed by atoms with E-state index >= 15 is 0 Å². The molecule has 5 rings (SSSR count). The zero-order valence-corrected chi connectivity index (χ0v) is 18.5. The Morgan fingerprint density at radius 2 is 1.88 bits per heavy atom. The van der Waals surface area contributed by atoms with Crippen LogP contribution in [0.2, 0.25) is 0 Å². The van der Waals surface area contributed by atoms with Crippen LogP contribution in [0, 0.1) is 11.8 Å². The van der Waals surface area contributed by atoms with Gasteiger partial charge in [0.25, 0.3) is 0 Å². The normalized spacial score (nSPS) is 24.0. The van der Waals surface area contributed by atoms with Crippen LogP contribution in [-0.2, 0) is 15.7 Å². The number of ether oxygens (including phenoxy) is 1. The van der Waals surface area contributed by atoms with Crippen molar-refractivity contribution in [1.29, 1.82) is 0 Å². The summed E-state index contributed by atoms with van der Waals surface area (Å²) in [5.74, 6) is 1.05. The van der Waals surface area contributed by atoms with E-state index in [2.05, 4.69) is 20.1 Å². The van der Waals surface area contributed by atoms with Gasteiger partial charge in [0.1, 0.15) is 0 Å². The molecule has 6 nitrogen and oxygen atoms in total. The van der Waals surface area contributed by atoms with Crippen molar-refractivity contribution in [3.05, 3.63) is 36.0 Å². The lowest BCUT2D eigenvalue weighted by molar-refractivity contribution is -0.136. The first kappa shape index (κ1) is 24.7. The minimum absolute atomic E-state index is 0. The molecule has 1 aliphatic carbocycles. The summed E-state index contributed by atoms with van der Waals surface area (Å²) in [6.07, 6.45) is 0.218. The highest BCUT2D eigenvalue weighted by atomic mass is 19.4. The van der Waals surface area contributed by atoms with Gasteiger partial charge in [0.2, 0.25) is 5.91 Å². The molecule has 2 saturated heterocycles. The lowest BCUT2D eigenvalue weighted by atomic mass is 9.89. The predicted octanol–water partition coefficient (Wildman–Crippen LogP) is 3.94. The van der Waals surface area contributed by atoms with Crippen molar-refractivity contribution in [3.8, 4) is 0 Å². The highest BCUT2D eigenvalue weighted by Gasteiger charge is 2.39. The monoisotopic (exact) mass is 478 g/mol. The Bertz CT molecular complexity index is 1010. The molecule has 34 heavy (non-hydrogen) atoms. The molecule has 1 N–H and O–H groups in total. The maximum atomic E-state index is 13.6. The van der Waals surface area contributed by atoms with Crippen LogP contribution in [0.15, 0.2) is 30.5 Å². The maximum absolute atomic E-state index is 13.6. The van der Waals surface area contributed by atoms with E-state index < -0.39 is 11.7 Å². The van der Waals surface area contributed by atoms with E-state index in [4.69, 9.17) is 4.74 Å². The van der Waals surface area contributed by atoms with Crippen molar-refractivity contribution in [1.82, 2.24) is 15.2 Å². The van der Waals surface area contributed by atoms with E-state index in [1.807, 2.05) is 0 Å². The smallest absolute Gasteiger partial charge is 0.379 e. The first-order valence-electron chi connectivity index (χ1n) is 11.7. The summed E-state index contributed by atoms with van der Waals surface area (Å²) in [5, 5.41) is 3.71. The number of piperidine rings is 1. The molecule has 0 radical (unpaired) electrons. The predicted molar refractivity (Wildman–Crippen MR) is 126 cm³/mol. The highest BCUT2D eigenvalue weighted by Crippen LogP contribution is 2.43. The number of amides is 1. The molecule has 1 aromatic heterocycles. The fourth-order valence-electron chi connectivity index (χ4n) is 5.25. The van der Waals surface area contributed by atoms with E-state index in [0.717, 1.165) is 37.8 Å². The van der Waals surface area contributed by atoms with Gasteiger partial charge in [0.15, 0.2) is 0 Å². The third-order valence-electron chi connectivity index (χ3n) is 7.00. The Labute approximate surface area is 198 Å². The molecule has 2 aliphatic heterocycles. The molecule has 3 fully saturated rings. The van der Waals surface area contributed by atoms with Gasteiger partial charge < -0.3 is 15.0 Å². The summed E-state index contributed by atoms with van der Waals surface area (Å²) in [6.45, 7) is 4.50. The number of benzene rings is 1. The van der Waals surface area contributed by atoms with Crippen molar-refractivity contribution < 1.29 is 22.7 Å². The van der Waals surface area contributed by atoms with Crippen LogP contribution in [0.5, 0.6) is 0 Å². The van der Waals surface area contributed by atoms with Gasteiger partial charge in [-0.1, -0.05) is 7.43 Å². The number of pyridine rings is 1. The van der Waals surface area contributed by atoms with Gasteiger partial charge >= 0.3 is 6.18 Å². The van der Waals surface area contributed by atoms with Crippen LogP contribution in [0.3, 0.4) is 0 Å². The Balaban J connectivity index is 0.00000274. The molecular formula is C25H33F3N4O2. The van der Waals surface area contributed by atoms with Crippen molar-refractivity contribution >= 4 is 22.5 Å². The Kier molecular flexibility index (Phi) is 7.33. The van der Waals surface area contributed by atoms with E-state index in [-0.39, 0.29) is 24.9 Å². The summed E-state index contributed by atoms with van der Waals surface area (Å²) in [6, 6.07) is 6.05. The minimum atomic E-state index is -4.46. The topological polar surface area (TPSA) is 57.7 Å². The number of alkyl halides is 3. The van der Waals surface area contributed by atoms with Crippen LogP contribution < -0.4 is 10.2 Å². The molecule has 2 aromatic rings. The number of fused-ring (bicyclic) bond motifs is 1. The van der Waals surface area contributed by atoms with Crippen molar-refractivity contribution in [2.75, 3.05) is 50.8 Å². The molecule has 9 heteroatoms. The van der Waals surface area contributed by atoms with Gasteiger partial charge in [-0.15, -0.1) is 0 Å². The number of carbonyl (C=O) groups excluding carboxylic acids is 1. The average molecular weight is 479 g/mol. The van der Waals surface area contributed by atoms with Gasteiger partial charge in [-0.25, -0.2) is 0 Å². The first-order chi connectivity index (χ1) is 15.9. The quantitative estimate of drug-likeness (QED) is 0.706. The molecule has 186 valence electrons. The number of carbonyl (C=O) groups is 1. The van der Waals surface area contributed by atoms with Crippen LogP contribution in [0.1, 0.15) is 32.3 Å². The first-order valence-corrected chi connectivity index (χ1v) is 11.7. The highest BCUT2D eigenvalue weighted by molar-refractivity contribution is 5.94. The molecule has 0 bridgehead atoms. The third kappa shape index (κ3) is 5.46. The second-order valence-corrected chi connectivity index (χ2v) is 9.42. The van der Waals surface area contributed by atoms with E-state index in [0.29, 0.717) is 43.5 Å². The lowest BCUT2D eigenvalue weighted by Crippen LogP contribution is -2.53. The van der Waals surface area contributed by atoms with Gasteiger partial charge in [0.05, 0.1) is 30.8 Å². The minimum Gasteiger partial charge on any atom is -0.379 e. The molecular weight excluding hydrogens is 445 g/mol. The van der Waals surface area contributed by atoms with Gasteiger partial charge in [-0.3, -0.25) is 14.7 Å². The summed E-state index contributed by atoms with van der Waals surface area (Å²) in [7, 11) is 0. The molecule has 1 aromatic carbocycles.